The van der Waals surface area contributed by atoms with E-state index >= 15 is 0 Å². The van der Waals surface area contributed by atoms with Crippen molar-refractivity contribution in [1.82, 2.24) is 20.1 Å². The summed E-state index contributed by atoms with van der Waals surface area (Å²) in [5.74, 6) is 1.69. The SMILES string of the molecule is CNC(CO)CSc1nnc(C)n1C. The summed E-state index contributed by atoms with van der Waals surface area (Å²) in [4.78, 5) is 0. The number of aliphatic hydroxyl groups excluding tert-OH is 1. The Morgan fingerprint density at radius 3 is 2.71 bits per heavy atom. The highest BCUT2D eigenvalue weighted by molar-refractivity contribution is 7.99. The molecule has 2 N–H and O–H groups in total. The van der Waals surface area contributed by atoms with Crippen LogP contribution in [0.4, 0.5) is 0 Å². The van der Waals surface area contributed by atoms with Gasteiger partial charge in [-0.15, -0.1) is 10.2 Å². The van der Waals surface area contributed by atoms with Gasteiger partial charge in [0.25, 0.3) is 0 Å². The zero-order valence-corrected chi connectivity index (χ0v) is 9.51. The van der Waals surface area contributed by atoms with Crippen molar-refractivity contribution >= 4 is 11.8 Å². The number of rotatable bonds is 5. The van der Waals surface area contributed by atoms with Crippen molar-refractivity contribution in [3.63, 3.8) is 0 Å². The predicted octanol–water partition coefficient (Wildman–Crippen LogP) is -0.204. The maximum absolute atomic E-state index is 8.96. The summed E-state index contributed by atoms with van der Waals surface area (Å²) in [6.45, 7) is 2.05. The quantitative estimate of drug-likeness (QED) is 0.667. The molecule has 14 heavy (non-hydrogen) atoms. The molecule has 1 unspecified atom stereocenters. The van der Waals surface area contributed by atoms with E-state index in [-0.39, 0.29) is 12.6 Å². The van der Waals surface area contributed by atoms with Gasteiger partial charge in [0.05, 0.1) is 6.61 Å². The number of aromatic nitrogens is 3. The monoisotopic (exact) mass is 216 g/mol. The number of nitrogens with one attached hydrogen (secondary N) is 1. The molecule has 0 bridgehead atoms. The molecule has 80 valence electrons. The van der Waals surface area contributed by atoms with Crippen molar-refractivity contribution in [2.24, 2.45) is 7.05 Å². The average molecular weight is 216 g/mol. The van der Waals surface area contributed by atoms with Crippen molar-refractivity contribution in [2.75, 3.05) is 19.4 Å². The second-order valence-corrected chi connectivity index (χ2v) is 4.06. The van der Waals surface area contributed by atoms with Crippen LogP contribution in [0, 0.1) is 6.92 Å². The molecule has 0 aromatic carbocycles. The Labute approximate surface area is 87.9 Å². The Kier molecular flexibility index (Phi) is 4.37. The molecule has 1 atom stereocenters. The highest BCUT2D eigenvalue weighted by Gasteiger charge is 2.09. The lowest BCUT2D eigenvalue weighted by Gasteiger charge is -2.11. The van der Waals surface area contributed by atoms with Crippen LogP contribution in [0.5, 0.6) is 0 Å². The van der Waals surface area contributed by atoms with Gasteiger partial charge < -0.3 is 15.0 Å². The Morgan fingerprint density at radius 1 is 1.57 bits per heavy atom. The molecule has 0 saturated carbocycles. The van der Waals surface area contributed by atoms with Gasteiger partial charge in [0.2, 0.25) is 0 Å². The lowest BCUT2D eigenvalue weighted by Crippen LogP contribution is -2.31. The van der Waals surface area contributed by atoms with Crippen LogP contribution in [0.15, 0.2) is 5.16 Å². The van der Waals surface area contributed by atoms with E-state index in [9.17, 15) is 0 Å². The van der Waals surface area contributed by atoms with Gasteiger partial charge >= 0.3 is 0 Å². The van der Waals surface area contributed by atoms with Crippen molar-refractivity contribution in [2.45, 2.75) is 18.1 Å². The number of nitrogens with zero attached hydrogens (tertiary/aromatic N) is 3. The molecule has 1 heterocycles. The number of aliphatic hydroxyl groups is 1. The van der Waals surface area contributed by atoms with E-state index in [4.69, 9.17) is 5.11 Å². The third-order valence-corrected chi connectivity index (χ3v) is 3.28. The lowest BCUT2D eigenvalue weighted by atomic mass is 10.4. The van der Waals surface area contributed by atoms with Crippen molar-refractivity contribution in [3.8, 4) is 0 Å². The molecule has 0 amide bonds. The standard InChI is InChI=1S/C8H16N4OS/c1-6-10-11-8(12(6)3)14-5-7(4-13)9-2/h7,9,13H,4-5H2,1-3H3. The fourth-order valence-electron chi connectivity index (χ4n) is 0.916. The Morgan fingerprint density at radius 2 is 2.29 bits per heavy atom. The molecule has 0 spiro atoms. The molecule has 0 radical (unpaired) electrons. The van der Waals surface area contributed by atoms with Gasteiger partial charge in [0.1, 0.15) is 5.82 Å². The number of thioether (sulfide) groups is 1. The number of hydrogen-bond donors (Lipinski definition) is 2. The number of aryl methyl sites for hydroxylation is 1. The molecule has 1 aromatic rings. The van der Waals surface area contributed by atoms with E-state index in [0.717, 1.165) is 16.7 Å². The summed E-state index contributed by atoms with van der Waals surface area (Å²) in [6.07, 6.45) is 0. The minimum atomic E-state index is 0.108. The van der Waals surface area contributed by atoms with Gasteiger partial charge in [0, 0.05) is 18.8 Å². The van der Waals surface area contributed by atoms with Crippen LogP contribution in [0.2, 0.25) is 0 Å². The van der Waals surface area contributed by atoms with E-state index in [1.807, 2.05) is 25.6 Å². The summed E-state index contributed by atoms with van der Waals surface area (Å²) < 4.78 is 1.94. The van der Waals surface area contributed by atoms with Crippen molar-refractivity contribution in [1.29, 1.82) is 0 Å². The predicted molar refractivity (Wildman–Crippen MR) is 56.4 cm³/mol. The van der Waals surface area contributed by atoms with Gasteiger partial charge in [0.15, 0.2) is 5.16 Å². The summed E-state index contributed by atoms with van der Waals surface area (Å²) in [5, 5.41) is 20.8. The lowest BCUT2D eigenvalue weighted by molar-refractivity contribution is 0.260. The van der Waals surface area contributed by atoms with E-state index in [0.29, 0.717) is 0 Å². The molecule has 1 rings (SSSR count). The first-order valence-corrected chi connectivity index (χ1v) is 5.44. The molecule has 6 heteroatoms. The maximum Gasteiger partial charge on any atom is 0.190 e. The van der Waals surface area contributed by atoms with Crippen molar-refractivity contribution < 1.29 is 5.11 Å². The zero-order chi connectivity index (χ0) is 10.6. The van der Waals surface area contributed by atoms with Gasteiger partial charge in [-0.25, -0.2) is 0 Å². The molecule has 0 saturated heterocycles. The topological polar surface area (TPSA) is 63.0 Å². The average Bonchev–Trinajstić information content (AvgIpc) is 2.51. The molecule has 0 aliphatic carbocycles. The molecule has 0 fully saturated rings. The second-order valence-electron chi connectivity index (χ2n) is 3.07. The van der Waals surface area contributed by atoms with Gasteiger partial charge in [-0.1, -0.05) is 11.8 Å². The molecule has 0 aliphatic heterocycles. The van der Waals surface area contributed by atoms with Gasteiger partial charge in [-0.3, -0.25) is 0 Å². The third kappa shape index (κ3) is 2.70. The third-order valence-electron chi connectivity index (χ3n) is 2.09. The van der Waals surface area contributed by atoms with Gasteiger partial charge in [-0.2, -0.15) is 0 Å². The zero-order valence-electron chi connectivity index (χ0n) is 8.69. The first-order chi connectivity index (χ1) is 6.69. The normalized spacial score (nSPS) is 13.1. The van der Waals surface area contributed by atoms with Crippen LogP contribution < -0.4 is 5.32 Å². The summed E-state index contributed by atoms with van der Waals surface area (Å²) in [6, 6.07) is 0.108. The van der Waals surface area contributed by atoms with Gasteiger partial charge in [-0.05, 0) is 14.0 Å². The minimum Gasteiger partial charge on any atom is -0.395 e. The van der Waals surface area contributed by atoms with Crippen LogP contribution in [0.25, 0.3) is 0 Å². The molecular formula is C8H16N4OS. The second kappa shape index (κ2) is 5.33. The number of likely N-dealkylation sites (N-methyl/N-ethyl adjacent to an activating group) is 1. The highest BCUT2D eigenvalue weighted by atomic mass is 32.2. The van der Waals surface area contributed by atoms with E-state index in [1.54, 1.807) is 11.8 Å². The van der Waals surface area contributed by atoms with Crippen LogP contribution in [0.1, 0.15) is 5.82 Å². The van der Waals surface area contributed by atoms with E-state index in [1.165, 1.54) is 0 Å². The van der Waals surface area contributed by atoms with Crippen LogP contribution >= 0.6 is 11.8 Å². The molecule has 5 nitrogen and oxygen atoms in total. The first-order valence-electron chi connectivity index (χ1n) is 4.46. The Balaban J connectivity index is 2.49. The highest BCUT2D eigenvalue weighted by Crippen LogP contribution is 2.15. The fraction of sp³-hybridized carbons (Fsp3) is 0.750. The largest absolute Gasteiger partial charge is 0.395 e. The number of hydrogen-bond acceptors (Lipinski definition) is 5. The Bertz CT molecular complexity index is 285. The minimum absolute atomic E-state index is 0.108. The first kappa shape index (κ1) is 11.5. The van der Waals surface area contributed by atoms with E-state index in [2.05, 4.69) is 15.5 Å². The van der Waals surface area contributed by atoms with Crippen molar-refractivity contribution in [3.05, 3.63) is 5.82 Å². The Hall–Kier alpha value is -0.590. The fourth-order valence-corrected chi connectivity index (χ4v) is 1.96. The van der Waals surface area contributed by atoms with E-state index < -0.39 is 0 Å². The van der Waals surface area contributed by atoms with Crippen LogP contribution in [0.3, 0.4) is 0 Å². The summed E-state index contributed by atoms with van der Waals surface area (Å²) in [5.41, 5.74) is 0. The maximum atomic E-state index is 8.96. The summed E-state index contributed by atoms with van der Waals surface area (Å²) >= 11 is 1.59. The molecule has 1 aromatic heterocycles. The molecule has 0 aliphatic rings. The van der Waals surface area contributed by atoms with Crippen LogP contribution in [-0.2, 0) is 7.05 Å². The smallest absolute Gasteiger partial charge is 0.190 e. The summed E-state index contributed by atoms with van der Waals surface area (Å²) in [7, 11) is 3.77. The van der Waals surface area contributed by atoms with Crippen LogP contribution in [-0.4, -0.2) is 45.3 Å². The molecular weight excluding hydrogens is 200 g/mol.